The van der Waals surface area contributed by atoms with Gasteiger partial charge < -0.3 is 14.8 Å². The van der Waals surface area contributed by atoms with Crippen molar-refractivity contribution in [1.82, 2.24) is 0 Å². The molecule has 1 amide bonds. The first kappa shape index (κ1) is 14.8. The maximum Gasteiger partial charge on any atom is 0.255 e. The molecule has 0 aromatic heterocycles. The van der Waals surface area contributed by atoms with E-state index >= 15 is 0 Å². The largest absolute Gasteiger partial charge is 0.348 e. The third-order valence-electron chi connectivity index (χ3n) is 3.56. The molecule has 1 saturated heterocycles. The Morgan fingerprint density at radius 2 is 1.82 bits per heavy atom. The summed E-state index contributed by atoms with van der Waals surface area (Å²) in [7, 11) is 0. The fourth-order valence-corrected chi connectivity index (χ4v) is 2.35. The Balaban J connectivity index is 1.72. The number of nitrogens with one attached hydrogen (secondary N) is 1. The van der Waals surface area contributed by atoms with Crippen LogP contribution >= 0.6 is 0 Å². The average molecular weight is 297 g/mol. The topological polar surface area (TPSA) is 47.6 Å². The number of rotatable bonds is 3. The lowest BCUT2D eigenvalue weighted by Crippen LogP contribution is -2.18. The monoisotopic (exact) mass is 297 g/mol. The molecule has 1 aliphatic heterocycles. The summed E-state index contributed by atoms with van der Waals surface area (Å²) in [6, 6.07) is 15.1. The number of benzene rings is 2. The van der Waals surface area contributed by atoms with Gasteiger partial charge in [0.05, 0.1) is 13.2 Å². The van der Waals surface area contributed by atoms with Crippen molar-refractivity contribution < 1.29 is 14.3 Å². The highest BCUT2D eigenvalue weighted by Gasteiger charge is 2.17. The Morgan fingerprint density at radius 3 is 2.55 bits per heavy atom. The maximum absolute atomic E-state index is 12.2. The second kappa shape index (κ2) is 6.73. The zero-order valence-corrected chi connectivity index (χ0v) is 12.5. The Labute approximate surface area is 130 Å². The lowest BCUT2D eigenvalue weighted by Gasteiger charge is -2.23. The van der Waals surface area contributed by atoms with E-state index in [-0.39, 0.29) is 12.2 Å². The molecule has 3 rings (SSSR count). The van der Waals surface area contributed by atoms with Crippen LogP contribution in [-0.2, 0) is 9.47 Å². The van der Waals surface area contributed by atoms with Gasteiger partial charge in [-0.15, -0.1) is 0 Å². The van der Waals surface area contributed by atoms with Crippen molar-refractivity contribution in [2.45, 2.75) is 19.6 Å². The zero-order valence-electron chi connectivity index (χ0n) is 12.5. The standard InChI is InChI=1S/C18H19NO3/c1-13-6-8-14(9-7-13)17(20)19-16-5-2-4-15(12-16)18-21-10-3-11-22-18/h2,4-9,12,18H,3,10-11H2,1H3,(H,19,20). The molecule has 4 nitrogen and oxygen atoms in total. The van der Waals surface area contributed by atoms with E-state index in [1.165, 1.54) is 0 Å². The molecule has 1 fully saturated rings. The molecule has 1 aliphatic rings. The maximum atomic E-state index is 12.2. The van der Waals surface area contributed by atoms with Gasteiger partial charge in [0, 0.05) is 16.8 Å². The summed E-state index contributed by atoms with van der Waals surface area (Å²) in [5, 5.41) is 2.91. The van der Waals surface area contributed by atoms with Gasteiger partial charge in [-0.25, -0.2) is 0 Å². The molecular formula is C18H19NO3. The second-order valence-corrected chi connectivity index (χ2v) is 5.37. The Hall–Kier alpha value is -2.17. The SMILES string of the molecule is Cc1ccc(C(=O)Nc2cccc(C3OCCCO3)c2)cc1. The van der Waals surface area contributed by atoms with Crippen LogP contribution in [0.2, 0.25) is 0 Å². The first-order valence-electron chi connectivity index (χ1n) is 7.43. The van der Waals surface area contributed by atoms with Crippen molar-refractivity contribution >= 4 is 11.6 Å². The van der Waals surface area contributed by atoms with Gasteiger partial charge in [0.15, 0.2) is 6.29 Å². The number of hydrogen-bond donors (Lipinski definition) is 1. The minimum atomic E-state index is -0.343. The Morgan fingerprint density at radius 1 is 1.09 bits per heavy atom. The molecule has 0 atom stereocenters. The van der Waals surface area contributed by atoms with E-state index in [4.69, 9.17) is 9.47 Å². The van der Waals surface area contributed by atoms with E-state index in [0.29, 0.717) is 18.8 Å². The van der Waals surface area contributed by atoms with Crippen LogP contribution in [-0.4, -0.2) is 19.1 Å². The zero-order chi connectivity index (χ0) is 15.4. The third-order valence-corrected chi connectivity index (χ3v) is 3.56. The number of amides is 1. The molecule has 4 heteroatoms. The second-order valence-electron chi connectivity index (χ2n) is 5.37. The lowest BCUT2D eigenvalue weighted by molar-refractivity contribution is -0.183. The minimum absolute atomic E-state index is 0.123. The average Bonchev–Trinajstić information content (AvgIpc) is 2.56. The molecule has 1 N–H and O–H groups in total. The molecule has 0 unspecified atom stereocenters. The van der Waals surface area contributed by atoms with Crippen LogP contribution in [0.1, 0.15) is 34.2 Å². The summed E-state index contributed by atoms with van der Waals surface area (Å²) >= 11 is 0. The summed E-state index contributed by atoms with van der Waals surface area (Å²) in [5.74, 6) is -0.123. The summed E-state index contributed by atoms with van der Waals surface area (Å²) in [6.45, 7) is 3.39. The van der Waals surface area contributed by atoms with Crippen LogP contribution in [0.25, 0.3) is 0 Å². The highest BCUT2D eigenvalue weighted by molar-refractivity contribution is 6.04. The van der Waals surface area contributed by atoms with Gasteiger partial charge >= 0.3 is 0 Å². The van der Waals surface area contributed by atoms with Crippen LogP contribution in [0.5, 0.6) is 0 Å². The van der Waals surface area contributed by atoms with E-state index in [2.05, 4.69) is 5.32 Å². The fraction of sp³-hybridized carbons (Fsp3) is 0.278. The third kappa shape index (κ3) is 3.53. The summed E-state index contributed by atoms with van der Waals surface area (Å²) in [5.41, 5.74) is 3.42. The van der Waals surface area contributed by atoms with E-state index in [0.717, 1.165) is 23.2 Å². The molecule has 22 heavy (non-hydrogen) atoms. The van der Waals surface area contributed by atoms with Crippen molar-refractivity contribution in [3.8, 4) is 0 Å². The molecule has 0 spiro atoms. The summed E-state index contributed by atoms with van der Waals surface area (Å²) in [6.07, 6.45) is 0.574. The quantitative estimate of drug-likeness (QED) is 0.940. The molecule has 0 aliphatic carbocycles. The molecule has 2 aromatic carbocycles. The van der Waals surface area contributed by atoms with Gasteiger partial charge in [-0.3, -0.25) is 4.79 Å². The van der Waals surface area contributed by atoms with Crippen LogP contribution in [0, 0.1) is 6.92 Å². The molecule has 0 saturated carbocycles. The molecule has 0 radical (unpaired) electrons. The van der Waals surface area contributed by atoms with Gasteiger partial charge in [0.1, 0.15) is 0 Å². The first-order chi connectivity index (χ1) is 10.7. The van der Waals surface area contributed by atoms with Crippen LogP contribution in [0.4, 0.5) is 5.69 Å². The highest BCUT2D eigenvalue weighted by Crippen LogP contribution is 2.25. The van der Waals surface area contributed by atoms with Crippen molar-refractivity contribution in [2.75, 3.05) is 18.5 Å². The fourth-order valence-electron chi connectivity index (χ4n) is 2.35. The molecule has 1 heterocycles. The van der Waals surface area contributed by atoms with E-state index in [1.54, 1.807) is 0 Å². The van der Waals surface area contributed by atoms with E-state index < -0.39 is 0 Å². The predicted molar refractivity (Wildman–Crippen MR) is 84.8 cm³/mol. The number of anilines is 1. The minimum Gasteiger partial charge on any atom is -0.348 e. The van der Waals surface area contributed by atoms with Crippen molar-refractivity contribution in [3.05, 3.63) is 65.2 Å². The van der Waals surface area contributed by atoms with Crippen molar-refractivity contribution in [2.24, 2.45) is 0 Å². The van der Waals surface area contributed by atoms with Gasteiger partial charge in [-0.2, -0.15) is 0 Å². The van der Waals surface area contributed by atoms with Gasteiger partial charge in [-0.1, -0.05) is 29.8 Å². The van der Waals surface area contributed by atoms with Gasteiger partial charge in [0.2, 0.25) is 0 Å². The van der Waals surface area contributed by atoms with E-state index in [9.17, 15) is 4.79 Å². The van der Waals surface area contributed by atoms with Crippen LogP contribution < -0.4 is 5.32 Å². The molecule has 2 aromatic rings. The Bertz CT molecular complexity index is 646. The lowest BCUT2D eigenvalue weighted by atomic mass is 10.1. The van der Waals surface area contributed by atoms with Crippen LogP contribution in [0.15, 0.2) is 48.5 Å². The number of hydrogen-bond acceptors (Lipinski definition) is 3. The Kier molecular flexibility index (Phi) is 4.51. The molecule has 0 bridgehead atoms. The van der Waals surface area contributed by atoms with Gasteiger partial charge in [-0.05, 0) is 37.6 Å². The van der Waals surface area contributed by atoms with Crippen LogP contribution in [0.3, 0.4) is 0 Å². The first-order valence-corrected chi connectivity index (χ1v) is 7.43. The predicted octanol–water partition coefficient (Wildman–Crippen LogP) is 3.68. The number of carbonyl (C=O) groups is 1. The highest BCUT2D eigenvalue weighted by atomic mass is 16.7. The normalized spacial score (nSPS) is 15.5. The van der Waals surface area contributed by atoms with Gasteiger partial charge in [0.25, 0.3) is 5.91 Å². The number of ether oxygens (including phenoxy) is 2. The molecule has 114 valence electrons. The number of aryl methyl sites for hydroxylation is 1. The summed E-state index contributed by atoms with van der Waals surface area (Å²) in [4.78, 5) is 12.2. The van der Waals surface area contributed by atoms with E-state index in [1.807, 2.05) is 55.5 Å². The smallest absolute Gasteiger partial charge is 0.255 e. The summed E-state index contributed by atoms with van der Waals surface area (Å²) < 4.78 is 11.2. The van der Waals surface area contributed by atoms with Crippen molar-refractivity contribution in [3.63, 3.8) is 0 Å². The van der Waals surface area contributed by atoms with Crippen molar-refractivity contribution in [1.29, 1.82) is 0 Å². The number of carbonyl (C=O) groups excluding carboxylic acids is 1. The molecular weight excluding hydrogens is 278 g/mol.